The lowest BCUT2D eigenvalue weighted by Crippen LogP contribution is -2.37. The van der Waals surface area contributed by atoms with E-state index in [-0.39, 0.29) is 17.7 Å². The average Bonchev–Trinajstić information content (AvgIpc) is 2.67. The van der Waals surface area contributed by atoms with E-state index in [1.807, 2.05) is 13.8 Å². The van der Waals surface area contributed by atoms with E-state index in [0.717, 1.165) is 4.88 Å². The van der Waals surface area contributed by atoms with Gasteiger partial charge >= 0.3 is 0 Å². The van der Waals surface area contributed by atoms with E-state index in [1.165, 1.54) is 11.3 Å². The van der Waals surface area contributed by atoms with E-state index in [9.17, 15) is 4.79 Å². The van der Waals surface area contributed by atoms with Gasteiger partial charge in [-0.05, 0) is 5.92 Å². The lowest BCUT2D eigenvalue weighted by atomic mass is 9.95. The van der Waals surface area contributed by atoms with Crippen molar-refractivity contribution in [1.82, 2.24) is 10.3 Å². The van der Waals surface area contributed by atoms with Crippen LogP contribution < -0.4 is 11.1 Å². The van der Waals surface area contributed by atoms with E-state index in [2.05, 4.69) is 10.3 Å². The molecule has 4 nitrogen and oxygen atoms in total. The number of aromatic nitrogens is 1. The van der Waals surface area contributed by atoms with Gasteiger partial charge in [-0.25, -0.2) is 0 Å². The summed E-state index contributed by atoms with van der Waals surface area (Å²) in [5.41, 5.74) is 7.31. The summed E-state index contributed by atoms with van der Waals surface area (Å²) in [7, 11) is 0. The molecule has 5 heteroatoms. The van der Waals surface area contributed by atoms with Crippen LogP contribution in [-0.4, -0.2) is 17.4 Å². The molecule has 0 aliphatic rings. The molecule has 1 atom stereocenters. The number of nitrogens with two attached hydrogens (primary N) is 1. The molecule has 0 bridgehead atoms. The van der Waals surface area contributed by atoms with E-state index < -0.39 is 0 Å². The zero-order valence-corrected chi connectivity index (χ0v) is 9.88. The fraction of sp³-hybridized carbons (Fsp3) is 0.600. The maximum atomic E-state index is 11.7. The van der Waals surface area contributed by atoms with Crippen molar-refractivity contribution in [3.8, 4) is 0 Å². The molecule has 0 fully saturated rings. The van der Waals surface area contributed by atoms with Gasteiger partial charge in [-0.3, -0.25) is 9.78 Å². The summed E-state index contributed by atoms with van der Waals surface area (Å²) in [6, 6.07) is 0. The molecular weight excluding hydrogens is 210 g/mol. The standard InChI is InChI=1S/C10H17N3OS/c1-7(2)9(3-11)10(14)13-5-8-4-12-6-15-8/h4,6-7,9H,3,5,11H2,1-2H3,(H,13,14). The van der Waals surface area contributed by atoms with Crippen LogP contribution in [0.5, 0.6) is 0 Å². The molecule has 15 heavy (non-hydrogen) atoms. The summed E-state index contributed by atoms with van der Waals surface area (Å²) in [6.45, 7) is 4.95. The molecular formula is C10H17N3OS. The molecule has 84 valence electrons. The number of thiazole rings is 1. The summed E-state index contributed by atoms with van der Waals surface area (Å²) in [5.74, 6) is 0.204. The quantitative estimate of drug-likeness (QED) is 0.788. The van der Waals surface area contributed by atoms with Crippen molar-refractivity contribution in [3.05, 3.63) is 16.6 Å². The Morgan fingerprint density at radius 2 is 2.40 bits per heavy atom. The van der Waals surface area contributed by atoms with E-state index in [4.69, 9.17) is 5.73 Å². The molecule has 0 radical (unpaired) electrons. The summed E-state index contributed by atoms with van der Waals surface area (Å²) < 4.78 is 0. The highest BCUT2D eigenvalue weighted by molar-refractivity contribution is 7.09. The van der Waals surface area contributed by atoms with E-state index >= 15 is 0 Å². The second-order valence-corrected chi connectivity index (χ2v) is 4.74. The Morgan fingerprint density at radius 3 is 2.87 bits per heavy atom. The van der Waals surface area contributed by atoms with Crippen LogP contribution >= 0.6 is 11.3 Å². The van der Waals surface area contributed by atoms with Crippen LogP contribution in [0.3, 0.4) is 0 Å². The Hall–Kier alpha value is -0.940. The minimum atomic E-state index is -0.0991. The molecule has 1 rings (SSSR count). The van der Waals surface area contributed by atoms with Crippen molar-refractivity contribution >= 4 is 17.2 Å². The Bertz CT molecular complexity index is 298. The summed E-state index contributed by atoms with van der Waals surface area (Å²) in [6.07, 6.45) is 1.76. The van der Waals surface area contributed by atoms with Gasteiger partial charge in [0, 0.05) is 17.6 Å². The predicted molar refractivity (Wildman–Crippen MR) is 61.3 cm³/mol. The number of nitrogens with zero attached hydrogens (tertiary/aromatic N) is 1. The molecule has 3 N–H and O–H groups in total. The van der Waals surface area contributed by atoms with E-state index in [0.29, 0.717) is 13.1 Å². The molecule has 1 unspecified atom stereocenters. The number of hydrogen-bond acceptors (Lipinski definition) is 4. The second kappa shape index (κ2) is 5.82. The van der Waals surface area contributed by atoms with Crippen LogP contribution in [-0.2, 0) is 11.3 Å². The van der Waals surface area contributed by atoms with Gasteiger partial charge in [0.25, 0.3) is 0 Å². The SMILES string of the molecule is CC(C)C(CN)C(=O)NCc1cncs1. The van der Waals surface area contributed by atoms with Gasteiger partial charge < -0.3 is 11.1 Å². The molecule has 0 spiro atoms. The minimum Gasteiger partial charge on any atom is -0.351 e. The average molecular weight is 227 g/mol. The monoisotopic (exact) mass is 227 g/mol. The van der Waals surface area contributed by atoms with Crippen molar-refractivity contribution < 1.29 is 4.79 Å². The van der Waals surface area contributed by atoms with Crippen molar-refractivity contribution in [3.63, 3.8) is 0 Å². The maximum Gasteiger partial charge on any atom is 0.224 e. The van der Waals surface area contributed by atoms with Crippen molar-refractivity contribution in [2.24, 2.45) is 17.6 Å². The molecule has 1 aromatic rings. The minimum absolute atomic E-state index is 0.0286. The molecule has 1 aromatic heterocycles. The Balaban J connectivity index is 2.41. The first-order valence-corrected chi connectivity index (χ1v) is 5.88. The third-order valence-electron chi connectivity index (χ3n) is 2.32. The van der Waals surface area contributed by atoms with E-state index in [1.54, 1.807) is 11.7 Å². The Kier molecular flexibility index (Phi) is 4.71. The molecule has 0 aliphatic carbocycles. The van der Waals surface area contributed by atoms with Crippen LogP contribution in [0.4, 0.5) is 0 Å². The topological polar surface area (TPSA) is 68.0 Å². The first kappa shape index (κ1) is 12.1. The van der Waals surface area contributed by atoms with Crippen molar-refractivity contribution in [1.29, 1.82) is 0 Å². The van der Waals surface area contributed by atoms with Crippen molar-refractivity contribution in [2.75, 3.05) is 6.54 Å². The third kappa shape index (κ3) is 3.60. The highest BCUT2D eigenvalue weighted by Crippen LogP contribution is 2.10. The van der Waals surface area contributed by atoms with Crippen LogP contribution in [0.25, 0.3) is 0 Å². The smallest absolute Gasteiger partial charge is 0.224 e. The van der Waals surface area contributed by atoms with Crippen molar-refractivity contribution in [2.45, 2.75) is 20.4 Å². The first-order valence-electron chi connectivity index (χ1n) is 5.00. The summed E-state index contributed by atoms with van der Waals surface area (Å²) >= 11 is 1.54. The zero-order valence-electron chi connectivity index (χ0n) is 9.06. The number of carbonyl (C=O) groups is 1. The molecule has 1 amide bonds. The Morgan fingerprint density at radius 1 is 1.67 bits per heavy atom. The van der Waals surface area contributed by atoms with Crippen LogP contribution in [0.15, 0.2) is 11.7 Å². The van der Waals surface area contributed by atoms with Gasteiger partial charge in [0.1, 0.15) is 0 Å². The first-order chi connectivity index (χ1) is 7.15. The fourth-order valence-electron chi connectivity index (χ4n) is 1.32. The summed E-state index contributed by atoms with van der Waals surface area (Å²) in [5, 5.41) is 2.87. The molecule has 0 aliphatic heterocycles. The maximum absolute atomic E-state index is 11.7. The largest absolute Gasteiger partial charge is 0.351 e. The third-order valence-corrected chi connectivity index (χ3v) is 3.10. The number of amides is 1. The number of carbonyl (C=O) groups excluding carboxylic acids is 1. The lowest BCUT2D eigenvalue weighted by Gasteiger charge is -2.17. The lowest BCUT2D eigenvalue weighted by molar-refractivity contribution is -0.126. The zero-order chi connectivity index (χ0) is 11.3. The fourth-order valence-corrected chi connectivity index (χ4v) is 1.85. The van der Waals surface area contributed by atoms with Gasteiger partial charge in [-0.1, -0.05) is 13.8 Å². The summed E-state index contributed by atoms with van der Waals surface area (Å²) in [4.78, 5) is 16.7. The predicted octanol–water partition coefficient (Wildman–Crippen LogP) is 0.990. The number of nitrogens with one attached hydrogen (secondary N) is 1. The van der Waals surface area contributed by atoms with Gasteiger partial charge in [0.15, 0.2) is 0 Å². The highest BCUT2D eigenvalue weighted by Gasteiger charge is 2.19. The van der Waals surface area contributed by atoms with Gasteiger partial charge in [0.05, 0.1) is 18.0 Å². The molecule has 0 saturated heterocycles. The van der Waals surface area contributed by atoms with Crippen LogP contribution in [0, 0.1) is 11.8 Å². The number of hydrogen-bond donors (Lipinski definition) is 2. The molecule has 0 saturated carbocycles. The Labute approximate surface area is 93.9 Å². The van der Waals surface area contributed by atoms with Gasteiger partial charge in [-0.15, -0.1) is 11.3 Å². The highest BCUT2D eigenvalue weighted by atomic mass is 32.1. The van der Waals surface area contributed by atoms with Gasteiger partial charge in [0.2, 0.25) is 5.91 Å². The second-order valence-electron chi connectivity index (χ2n) is 3.77. The normalized spacial score (nSPS) is 12.8. The van der Waals surface area contributed by atoms with Crippen LogP contribution in [0.1, 0.15) is 18.7 Å². The molecule has 0 aromatic carbocycles. The van der Waals surface area contributed by atoms with Crippen LogP contribution in [0.2, 0.25) is 0 Å². The van der Waals surface area contributed by atoms with Gasteiger partial charge in [-0.2, -0.15) is 0 Å². The number of rotatable bonds is 5. The molecule has 1 heterocycles.